The Morgan fingerprint density at radius 3 is 2.39 bits per heavy atom. The van der Waals surface area contributed by atoms with E-state index in [0.717, 1.165) is 35.6 Å². The number of carbonyl (C=O) groups is 1. The van der Waals surface area contributed by atoms with Crippen LogP contribution in [0.3, 0.4) is 0 Å². The van der Waals surface area contributed by atoms with E-state index in [1.165, 1.54) is 18.4 Å². The topological polar surface area (TPSA) is 32.3 Å². The largest absolute Gasteiger partial charge is 0.370 e. The van der Waals surface area contributed by atoms with E-state index in [9.17, 15) is 4.79 Å². The molecule has 1 aliphatic rings. The van der Waals surface area contributed by atoms with Gasteiger partial charge in [-0.1, -0.05) is 12.1 Å². The summed E-state index contributed by atoms with van der Waals surface area (Å²) in [6, 6.07) is 12.1. The molecule has 1 saturated heterocycles. The molecule has 2 aromatic rings. The first-order valence-electron chi connectivity index (χ1n) is 8.29. The monoisotopic (exact) mass is 308 g/mol. The molecule has 0 saturated carbocycles. The molecule has 1 aliphatic heterocycles. The summed E-state index contributed by atoms with van der Waals surface area (Å²) in [5, 5.41) is 3.11. The van der Waals surface area contributed by atoms with Crippen LogP contribution in [0.2, 0.25) is 0 Å². The summed E-state index contributed by atoms with van der Waals surface area (Å²) in [5.74, 6) is -0.0425. The van der Waals surface area contributed by atoms with Crippen molar-refractivity contribution in [1.29, 1.82) is 0 Å². The molecule has 1 amide bonds. The van der Waals surface area contributed by atoms with Gasteiger partial charge in [-0.25, -0.2) is 0 Å². The molecule has 0 aliphatic carbocycles. The zero-order valence-electron chi connectivity index (χ0n) is 14.1. The highest BCUT2D eigenvalue weighted by molar-refractivity contribution is 6.06. The van der Waals surface area contributed by atoms with Crippen LogP contribution in [0.25, 0.3) is 0 Å². The molecule has 3 rings (SSSR count). The molecule has 1 heterocycles. The van der Waals surface area contributed by atoms with Crippen LogP contribution in [0.1, 0.15) is 39.9 Å². The number of hydrogen-bond acceptors (Lipinski definition) is 2. The molecular formula is C20H24N2O. The average molecular weight is 308 g/mol. The fourth-order valence-corrected chi connectivity index (χ4v) is 3.06. The number of nitrogens with zero attached hydrogens (tertiary/aromatic N) is 1. The van der Waals surface area contributed by atoms with Crippen LogP contribution < -0.4 is 10.2 Å². The molecular weight excluding hydrogens is 284 g/mol. The Morgan fingerprint density at radius 1 is 0.957 bits per heavy atom. The van der Waals surface area contributed by atoms with Crippen molar-refractivity contribution < 1.29 is 4.79 Å². The third-order valence-corrected chi connectivity index (χ3v) is 4.62. The normalized spacial score (nSPS) is 14.1. The first kappa shape index (κ1) is 15.6. The molecule has 3 heteroatoms. The predicted molar refractivity (Wildman–Crippen MR) is 96.5 cm³/mol. The van der Waals surface area contributed by atoms with E-state index in [1.807, 2.05) is 25.1 Å². The molecule has 0 bridgehead atoms. The third-order valence-electron chi connectivity index (χ3n) is 4.62. The van der Waals surface area contributed by atoms with Gasteiger partial charge >= 0.3 is 0 Å². The van der Waals surface area contributed by atoms with Crippen LogP contribution in [0.5, 0.6) is 0 Å². The van der Waals surface area contributed by atoms with Gasteiger partial charge in [-0.05, 0) is 74.6 Å². The van der Waals surface area contributed by atoms with E-state index in [1.54, 1.807) is 0 Å². The van der Waals surface area contributed by atoms with Gasteiger partial charge in [0.25, 0.3) is 5.91 Å². The van der Waals surface area contributed by atoms with Crippen molar-refractivity contribution in [3.05, 3.63) is 58.7 Å². The van der Waals surface area contributed by atoms with Gasteiger partial charge in [0.1, 0.15) is 0 Å². The zero-order valence-corrected chi connectivity index (χ0v) is 14.1. The maximum absolute atomic E-state index is 12.6. The number of aryl methyl sites for hydroxylation is 3. The Morgan fingerprint density at radius 2 is 1.70 bits per heavy atom. The summed E-state index contributed by atoms with van der Waals surface area (Å²) in [4.78, 5) is 15.0. The van der Waals surface area contributed by atoms with Crippen LogP contribution in [0.4, 0.5) is 11.4 Å². The van der Waals surface area contributed by atoms with Gasteiger partial charge in [-0.2, -0.15) is 0 Å². The third kappa shape index (κ3) is 3.39. The summed E-state index contributed by atoms with van der Waals surface area (Å²) >= 11 is 0. The van der Waals surface area contributed by atoms with Gasteiger partial charge in [-0.15, -0.1) is 0 Å². The second kappa shape index (κ2) is 6.45. The van der Waals surface area contributed by atoms with Crippen molar-refractivity contribution in [2.75, 3.05) is 23.3 Å². The average Bonchev–Trinajstić information content (AvgIpc) is 3.04. The van der Waals surface area contributed by atoms with Crippen LogP contribution in [0, 0.1) is 20.8 Å². The lowest BCUT2D eigenvalue weighted by atomic mass is 10.1. The highest BCUT2D eigenvalue weighted by Gasteiger charge is 2.17. The second-order valence-corrected chi connectivity index (χ2v) is 6.47. The molecule has 0 unspecified atom stereocenters. The highest BCUT2D eigenvalue weighted by atomic mass is 16.1. The van der Waals surface area contributed by atoms with Gasteiger partial charge < -0.3 is 10.2 Å². The molecule has 0 atom stereocenters. The minimum atomic E-state index is -0.0425. The van der Waals surface area contributed by atoms with Gasteiger partial charge in [-0.3, -0.25) is 4.79 Å². The Labute approximate surface area is 138 Å². The molecule has 0 spiro atoms. The Balaban J connectivity index is 1.87. The van der Waals surface area contributed by atoms with E-state index in [-0.39, 0.29) is 5.91 Å². The number of carbonyl (C=O) groups excluding carboxylic acids is 1. The van der Waals surface area contributed by atoms with E-state index in [0.29, 0.717) is 5.56 Å². The second-order valence-electron chi connectivity index (χ2n) is 6.47. The lowest BCUT2D eigenvalue weighted by Crippen LogP contribution is -2.21. The molecule has 0 radical (unpaired) electrons. The van der Waals surface area contributed by atoms with E-state index >= 15 is 0 Å². The van der Waals surface area contributed by atoms with Crippen molar-refractivity contribution in [3.63, 3.8) is 0 Å². The van der Waals surface area contributed by atoms with Crippen LogP contribution in [0.15, 0.2) is 36.4 Å². The number of hydrogen-bond donors (Lipinski definition) is 1. The lowest BCUT2D eigenvalue weighted by Gasteiger charge is -2.22. The molecule has 120 valence electrons. The summed E-state index contributed by atoms with van der Waals surface area (Å²) in [6.07, 6.45) is 2.44. The lowest BCUT2D eigenvalue weighted by molar-refractivity contribution is 0.102. The van der Waals surface area contributed by atoms with Crippen molar-refractivity contribution in [3.8, 4) is 0 Å². The van der Waals surface area contributed by atoms with Gasteiger partial charge in [0.05, 0.1) is 11.4 Å². The molecule has 1 N–H and O–H groups in total. The quantitative estimate of drug-likeness (QED) is 0.907. The fraction of sp³-hybridized carbons (Fsp3) is 0.350. The van der Waals surface area contributed by atoms with Crippen LogP contribution >= 0.6 is 0 Å². The summed E-state index contributed by atoms with van der Waals surface area (Å²) in [6.45, 7) is 8.28. The van der Waals surface area contributed by atoms with Gasteiger partial charge in [0.15, 0.2) is 0 Å². The zero-order chi connectivity index (χ0) is 16.4. The van der Waals surface area contributed by atoms with Crippen molar-refractivity contribution in [2.24, 2.45) is 0 Å². The number of nitrogens with one attached hydrogen (secondary N) is 1. The molecule has 1 fully saturated rings. The van der Waals surface area contributed by atoms with Gasteiger partial charge in [0.2, 0.25) is 0 Å². The first-order chi connectivity index (χ1) is 11.0. The number of benzene rings is 2. The highest BCUT2D eigenvalue weighted by Crippen LogP contribution is 2.30. The van der Waals surface area contributed by atoms with Crippen LogP contribution in [-0.4, -0.2) is 19.0 Å². The fourth-order valence-electron chi connectivity index (χ4n) is 3.06. The molecule has 23 heavy (non-hydrogen) atoms. The van der Waals surface area contributed by atoms with Crippen molar-refractivity contribution in [1.82, 2.24) is 0 Å². The number of rotatable bonds is 3. The SMILES string of the molecule is Cc1ccc(N2CCCC2)c(NC(=O)c2ccc(C)c(C)c2)c1. The van der Waals surface area contributed by atoms with E-state index in [4.69, 9.17) is 0 Å². The molecule has 2 aromatic carbocycles. The Bertz CT molecular complexity index is 730. The van der Waals surface area contributed by atoms with E-state index < -0.39 is 0 Å². The number of amides is 1. The summed E-state index contributed by atoms with van der Waals surface area (Å²) in [7, 11) is 0. The predicted octanol–water partition coefficient (Wildman–Crippen LogP) is 4.46. The maximum atomic E-state index is 12.6. The smallest absolute Gasteiger partial charge is 0.255 e. The summed E-state index contributed by atoms with van der Waals surface area (Å²) in [5.41, 5.74) is 6.25. The first-order valence-corrected chi connectivity index (χ1v) is 8.29. The molecule has 0 aromatic heterocycles. The standard InChI is InChI=1S/C20H24N2O/c1-14-6-9-19(22-10-4-5-11-22)18(12-14)21-20(23)17-8-7-15(2)16(3)13-17/h6-9,12-13H,4-5,10-11H2,1-3H3,(H,21,23). The Hall–Kier alpha value is -2.29. The summed E-state index contributed by atoms with van der Waals surface area (Å²) < 4.78 is 0. The van der Waals surface area contributed by atoms with Crippen molar-refractivity contribution in [2.45, 2.75) is 33.6 Å². The minimum absolute atomic E-state index is 0.0425. The van der Waals surface area contributed by atoms with Crippen LogP contribution in [-0.2, 0) is 0 Å². The minimum Gasteiger partial charge on any atom is -0.370 e. The van der Waals surface area contributed by atoms with E-state index in [2.05, 4.69) is 42.3 Å². The van der Waals surface area contributed by atoms with Crippen molar-refractivity contribution >= 4 is 17.3 Å². The Kier molecular flexibility index (Phi) is 4.37. The maximum Gasteiger partial charge on any atom is 0.255 e. The number of anilines is 2. The van der Waals surface area contributed by atoms with Gasteiger partial charge in [0, 0.05) is 18.7 Å². The molecule has 3 nitrogen and oxygen atoms in total.